The first kappa shape index (κ1) is 18.7. The molecule has 4 rings (SSSR count). The number of hydrogen-bond donors (Lipinski definition) is 1. The maximum absolute atomic E-state index is 12.6. The van der Waals surface area contributed by atoms with Crippen molar-refractivity contribution in [2.24, 2.45) is 0 Å². The molecule has 0 aliphatic heterocycles. The van der Waals surface area contributed by atoms with Crippen molar-refractivity contribution in [3.8, 4) is 5.69 Å². The number of nitrogens with zero attached hydrogens (tertiary/aromatic N) is 3. The van der Waals surface area contributed by atoms with Crippen molar-refractivity contribution in [2.75, 3.05) is 0 Å². The van der Waals surface area contributed by atoms with E-state index in [9.17, 15) is 9.59 Å². The lowest BCUT2D eigenvalue weighted by molar-refractivity contribution is 0.0936. The van der Waals surface area contributed by atoms with Crippen LogP contribution in [0.3, 0.4) is 0 Å². The summed E-state index contributed by atoms with van der Waals surface area (Å²) in [7, 11) is 0. The number of rotatable bonds is 5. The summed E-state index contributed by atoms with van der Waals surface area (Å²) in [4.78, 5) is 24.7. The fourth-order valence-electron chi connectivity index (χ4n) is 3.46. The zero-order chi connectivity index (χ0) is 20.5. The van der Waals surface area contributed by atoms with Crippen LogP contribution in [-0.4, -0.2) is 26.3 Å². The fourth-order valence-corrected chi connectivity index (χ4v) is 3.46. The third-order valence-electron chi connectivity index (χ3n) is 4.79. The Morgan fingerprint density at radius 1 is 1.14 bits per heavy atom. The molecule has 2 aromatic heterocycles. The number of para-hydroxylation sites is 2. The number of benzene rings is 2. The molecule has 4 aromatic rings. The molecule has 1 N–H and O–H groups in total. The summed E-state index contributed by atoms with van der Waals surface area (Å²) in [5.41, 5.74) is 4.68. The second-order valence-corrected chi connectivity index (χ2v) is 7.21. The van der Waals surface area contributed by atoms with Gasteiger partial charge in [-0.1, -0.05) is 12.1 Å². The third kappa shape index (κ3) is 3.71. The summed E-state index contributed by atoms with van der Waals surface area (Å²) < 4.78 is 8.62. The molecule has 7 nitrogen and oxygen atoms in total. The van der Waals surface area contributed by atoms with Gasteiger partial charge in [0.05, 0.1) is 16.9 Å². The fraction of sp³-hybridized carbons (Fsp3) is 0.227. The molecule has 0 saturated heterocycles. The molecule has 0 aliphatic carbocycles. The van der Waals surface area contributed by atoms with Crippen molar-refractivity contribution in [3.05, 3.63) is 82.1 Å². The van der Waals surface area contributed by atoms with Crippen molar-refractivity contribution in [1.82, 2.24) is 19.7 Å². The number of carbonyl (C=O) groups excluding carboxylic acids is 1. The summed E-state index contributed by atoms with van der Waals surface area (Å²) in [5, 5.41) is 7.39. The van der Waals surface area contributed by atoms with Crippen LogP contribution >= 0.6 is 0 Å². The number of amides is 1. The lowest BCUT2D eigenvalue weighted by Crippen LogP contribution is -2.37. The average molecular weight is 390 g/mol. The molecule has 148 valence electrons. The van der Waals surface area contributed by atoms with Gasteiger partial charge in [-0.3, -0.25) is 9.36 Å². The summed E-state index contributed by atoms with van der Waals surface area (Å²) in [5.74, 6) is -0.625. The number of carbonyl (C=O) groups is 1. The summed E-state index contributed by atoms with van der Waals surface area (Å²) in [6.07, 6.45) is 0. The molecule has 0 radical (unpaired) electrons. The molecule has 0 fully saturated rings. The number of hydrogen-bond acceptors (Lipinski definition) is 4. The largest absolute Gasteiger partial charge is 0.420 e. The molecule has 0 saturated carbocycles. The highest BCUT2D eigenvalue weighted by atomic mass is 16.4. The molecule has 7 heteroatoms. The molecule has 1 atom stereocenters. The van der Waals surface area contributed by atoms with Crippen LogP contribution in [0, 0.1) is 13.8 Å². The van der Waals surface area contributed by atoms with Crippen molar-refractivity contribution < 1.29 is 9.21 Å². The topological polar surface area (TPSA) is 82.1 Å². The highest BCUT2D eigenvalue weighted by Gasteiger charge is 2.15. The SMILES string of the molecule is Cc1cc(C)n(-c2ccc(C(=O)N[C@H](C)Cn3c(=O)oc4ccccc43)cc2)n1. The molecule has 1 amide bonds. The van der Waals surface area contributed by atoms with Gasteiger partial charge in [-0.05, 0) is 63.2 Å². The minimum absolute atomic E-state index is 0.196. The quantitative estimate of drug-likeness (QED) is 0.567. The van der Waals surface area contributed by atoms with Crippen LogP contribution < -0.4 is 11.1 Å². The van der Waals surface area contributed by atoms with Crippen LogP contribution in [0.2, 0.25) is 0 Å². The molecular weight excluding hydrogens is 368 g/mol. The molecule has 2 heterocycles. The Bertz CT molecular complexity index is 1230. The van der Waals surface area contributed by atoms with Crippen LogP contribution in [-0.2, 0) is 6.54 Å². The van der Waals surface area contributed by atoms with Gasteiger partial charge in [-0.25, -0.2) is 9.48 Å². The van der Waals surface area contributed by atoms with E-state index in [1.807, 2.05) is 61.9 Å². The first-order chi connectivity index (χ1) is 13.9. The Morgan fingerprint density at radius 3 is 2.55 bits per heavy atom. The molecule has 0 unspecified atom stereocenters. The molecule has 0 spiro atoms. The van der Waals surface area contributed by atoms with E-state index in [1.165, 1.54) is 4.57 Å². The third-order valence-corrected chi connectivity index (χ3v) is 4.79. The Morgan fingerprint density at radius 2 is 1.86 bits per heavy atom. The van der Waals surface area contributed by atoms with E-state index in [0.29, 0.717) is 23.2 Å². The Balaban J connectivity index is 1.46. The number of aromatic nitrogens is 3. The second-order valence-electron chi connectivity index (χ2n) is 7.21. The minimum Gasteiger partial charge on any atom is -0.408 e. The highest BCUT2D eigenvalue weighted by Crippen LogP contribution is 2.14. The zero-order valence-corrected chi connectivity index (χ0v) is 16.5. The van der Waals surface area contributed by atoms with Gasteiger partial charge < -0.3 is 9.73 Å². The van der Waals surface area contributed by atoms with Crippen LogP contribution in [0.25, 0.3) is 16.8 Å². The molecule has 29 heavy (non-hydrogen) atoms. The number of oxazole rings is 1. The van der Waals surface area contributed by atoms with E-state index < -0.39 is 5.76 Å². The van der Waals surface area contributed by atoms with E-state index >= 15 is 0 Å². The van der Waals surface area contributed by atoms with Crippen molar-refractivity contribution in [3.63, 3.8) is 0 Å². The molecule has 0 aliphatic rings. The summed E-state index contributed by atoms with van der Waals surface area (Å²) in [6, 6.07) is 16.3. The van der Waals surface area contributed by atoms with Gasteiger partial charge in [0, 0.05) is 23.8 Å². The molecule has 2 aromatic carbocycles. The standard InChI is InChI=1S/C22H22N4O3/c1-14-12-16(3)26(24-14)18-10-8-17(9-11-18)21(27)23-15(2)13-25-19-6-4-5-7-20(19)29-22(25)28/h4-12,15H,13H2,1-3H3,(H,23,27)/t15-/m1/s1. The normalized spacial score (nSPS) is 12.2. The van der Waals surface area contributed by atoms with Gasteiger partial charge in [-0.2, -0.15) is 5.10 Å². The van der Waals surface area contributed by atoms with E-state index in [1.54, 1.807) is 18.2 Å². The first-order valence-electron chi connectivity index (χ1n) is 9.45. The van der Waals surface area contributed by atoms with Crippen LogP contribution in [0.4, 0.5) is 0 Å². The van der Waals surface area contributed by atoms with E-state index in [0.717, 1.165) is 17.1 Å². The van der Waals surface area contributed by atoms with E-state index in [2.05, 4.69) is 10.4 Å². The van der Waals surface area contributed by atoms with Gasteiger partial charge >= 0.3 is 5.76 Å². The number of fused-ring (bicyclic) bond motifs is 1. The average Bonchev–Trinajstić information content (AvgIpc) is 3.20. The Hall–Kier alpha value is -3.61. The van der Waals surface area contributed by atoms with Gasteiger partial charge in [-0.15, -0.1) is 0 Å². The second kappa shape index (κ2) is 7.43. The predicted octanol–water partition coefficient (Wildman–Crippen LogP) is 3.22. The minimum atomic E-state index is -0.429. The van der Waals surface area contributed by atoms with Gasteiger partial charge in [0.2, 0.25) is 0 Å². The number of aryl methyl sites for hydroxylation is 2. The molecule has 0 bridgehead atoms. The van der Waals surface area contributed by atoms with Gasteiger partial charge in [0.1, 0.15) is 0 Å². The smallest absolute Gasteiger partial charge is 0.408 e. The summed E-state index contributed by atoms with van der Waals surface area (Å²) >= 11 is 0. The highest BCUT2D eigenvalue weighted by molar-refractivity contribution is 5.94. The predicted molar refractivity (Wildman–Crippen MR) is 110 cm³/mol. The van der Waals surface area contributed by atoms with E-state index in [-0.39, 0.29) is 11.9 Å². The summed E-state index contributed by atoms with van der Waals surface area (Å²) in [6.45, 7) is 6.12. The lowest BCUT2D eigenvalue weighted by atomic mass is 10.1. The zero-order valence-electron chi connectivity index (χ0n) is 16.5. The Labute approximate surface area is 167 Å². The van der Waals surface area contributed by atoms with E-state index in [4.69, 9.17) is 4.42 Å². The first-order valence-corrected chi connectivity index (χ1v) is 9.45. The number of nitrogens with one attached hydrogen (secondary N) is 1. The van der Waals surface area contributed by atoms with Crippen LogP contribution in [0.15, 0.2) is 63.8 Å². The monoisotopic (exact) mass is 390 g/mol. The van der Waals surface area contributed by atoms with Gasteiger partial charge in [0.15, 0.2) is 5.58 Å². The lowest BCUT2D eigenvalue weighted by Gasteiger charge is -2.14. The maximum Gasteiger partial charge on any atom is 0.420 e. The molecular formula is C22H22N4O3. The van der Waals surface area contributed by atoms with Crippen LogP contribution in [0.1, 0.15) is 28.7 Å². The van der Waals surface area contributed by atoms with Crippen molar-refractivity contribution in [2.45, 2.75) is 33.4 Å². The van der Waals surface area contributed by atoms with Crippen molar-refractivity contribution >= 4 is 17.0 Å². The Kier molecular flexibility index (Phi) is 4.80. The van der Waals surface area contributed by atoms with Gasteiger partial charge in [0.25, 0.3) is 5.91 Å². The van der Waals surface area contributed by atoms with Crippen LogP contribution in [0.5, 0.6) is 0 Å². The maximum atomic E-state index is 12.6. The van der Waals surface area contributed by atoms with Crippen molar-refractivity contribution in [1.29, 1.82) is 0 Å².